The lowest BCUT2D eigenvalue weighted by Gasteiger charge is -2.20. The van der Waals surface area contributed by atoms with Crippen molar-refractivity contribution >= 4 is 17.8 Å². The maximum absolute atomic E-state index is 14.3. The van der Waals surface area contributed by atoms with Crippen LogP contribution in [0.3, 0.4) is 0 Å². The molecule has 10 nitrogen and oxygen atoms in total. The van der Waals surface area contributed by atoms with Crippen LogP contribution in [0.2, 0.25) is 0 Å². The molecule has 1 aliphatic rings. The molecular formula is C16H19F2N3O7. The minimum atomic E-state index is -3.72. The largest absolute Gasteiger partial charge is 0.460 e. The first-order chi connectivity index (χ1) is 13.0. The number of hydrogen-bond donors (Lipinski definition) is 2. The highest BCUT2D eigenvalue weighted by molar-refractivity contribution is 5.88. The number of nitrogens with zero attached hydrogens (tertiary/aromatic N) is 2. The Morgan fingerprint density at radius 2 is 2.14 bits per heavy atom. The number of esters is 2. The number of halogens is 2. The van der Waals surface area contributed by atoms with Crippen LogP contribution in [-0.4, -0.2) is 64.0 Å². The van der Waals surface area contributed by atoms with Crippen molar-refractivity contribution < 1.29 is 37.7 Å². The smallest absolute Gasteiger partial charge is 0.349 e. The van der Waals surface area contributed by atoms with Crippen molar-refractivity contribution in [3.8, 4) is 0 Å². The molecule has 28 heavy (non-hydrogen) atoms. The number of rotatable bonds is 7. The number of ether oxygens (including phenoxy) is 3. The molecule has 2 heterocycles. The van der Waals surface area contributed by atoms with Crippen LogP contribution in [0, 0.1) is 0 Å². The Morgan fingerprint density at radius 1 is 1.46 bits per heavy atom. The number of hydrogen-bond acceptors (Lipinski definition) is 9. The molecule has 0 bridgehead atoms. The van der Waals surface area contributed by atoms with Crippen molar-refractivity contribution in [2.45, 2.75) is 37.7 Å². The Kier molecular flexibility index (Phi) is 6.46. The quantitative estimate of drug-likeness (QED) is 0.444. The first-order valence-electron chi connectivity index (χ1n) is 8.05. The number of nitrogens with two attached hydrogens (primary N) is 1. The van der Waals surface area contributed by atoms with Gasteiger partial charge >= 0.3 is 23.6 Å². The maximum Gasteiger partial charge on any atom is 0.349 e. The van der Waals surface area contributed by atoms with Gasteiger partial charge in [0.15, 0.2) is 6.61 Å². The molecule has 154 valence electrons. The van der Waals surface area contributed by atoms with Crippen LogP contribution in [0.1, 0.15) is 6.92 Å². The van der Waals surface area contributed by atoms with Crippen LogP contribution in [0.25, 0.3) is 0 Å². The third kappa shape index (κ3) is 4.89. The number of nitrogen functional groups attached to an aromatic ring is 1. The molecule has 0 radical (unpaired) electrons. The number of carbonyl (C=O) groups is 2. The Labute approximate surface area is 157 Å². The lowest BCUT2D eigenvalue weighted by molar-refractivity contribution is -0.160. The molecule has 0 spiro atoms. The van der Waals surface area contributed by atoms with E-state index in [2.05, 4.69) is 16.3 Å². The predicted molar refractivity (Wildman–Crippen MR) is 89.3 cm³/mol. The van der Waals surface area contributed by atoms with Gasteiger partial charge in [-0.15, -0.1) is 0 Å². The summed E-state index contributed by atoms with van der Waals surface area (Å²) in [5.41, 5.74) is 4.54. The highest BCUT2D eigenvalue weighted by Crippen LogP contribution is 2.37. The number of aliphatic hydroxyl groups is 1. The lowest BCUT2D eigenvalue weighted by Crippen LogP contribution is -2.43. The molecule has 3 unspecified atom stereocenters. The highest BCUT2D eigenvalue weighted by atomic mass is 19.3. The Balaban J connectivity index is 1.94. The normalized spacial score (nSPS) is 23.2. The van der Waals surface area contributed by atoms with Crippen LogP contribution in [0.4, 0.5) is 14.6 Å². The zero-order valence-corrected chi connectivity index (χ0v) is 14.8. The highest BCUT2D eigenvalue weighted by Gasteiger charge is 2.58. The summed E-state index contributed by atoms with van der Waals surface area (Å²) in [5.74, 6) is -5.62. The summed E-state index contributed by atoms with van der Waals surface area (Å²) in [7, 11) is 0. The predicted octanol–water partition coefficient (Wildman–Crippen LogP) is -0.748. The van der Waals surface area contributed by atoms with E-state index in [0.29, 0.717) is 0 Å². The Hall–Kier alpha value is -2.86. The van der Waals surface area contributed by atoms with E-state index in [0.717, 1.165) is 4.57 Å². The van der Waals surface area contributed by atoms with Crippen molar-refractivity contribution in [2.24, 2.45) is 0 Å². The molecular weight excluding hydrogens is 384 g/mol. The van der Waals surface area contributed by atoms with E-state index < -0.39 is 61.6 Å². The summed E-state index contributed by atoms with van der Waals surface area (Å²) in [6, 6.07) is 1.25. The van der Waals surface area contributed by atoms with Gasteiger partial charge in [-0.25, -0.2) is 23.2 Å². The van der Waals surface area contributed by atoms with Gasteiger partial charge in [-0.05, 0) is 13.0 Å². The van der Waals surface area contributed by atoms with Crippen molar-refractivity contribution in [1.29, 1.82) is 0 Å². The van der Waals surface area contributed by atoms with Crippen molar-refractivity contribution in [3.63, 3.8) is 0 Å². The average Bonchev–Trinajstić information content (AvgIpc) is 2.83. The molecule has 3 atom stereocenters. The zero-order valence-electron chi connectivity index (χ0n) is 14.8. The van der Waals surface area contributed by atoms with E-state index in [1.54, 1.807) is 0 Å². The second-order valence-electron chi connectivity index (χ2n) is 6.11. The van der Waals surface area contributed by atoms with Crippen molar-refractivity contribution in [3.05, 3.63) is 34.9 Å². The summed E-state index contributed by atoms with van der Waals surface area (Å²) < 4.78 is 43.7. The molecule has 3 N–H and O–H groups in total. The van der Waals surface area contributed by atoms with E-state index in [4.69, 9.17) is 15.2 Å². The number of anilines is 1. The van der Waals surface area contributed by atoms with Crippen LogP contribution in [0.5, 0.6) is 0 Å². The summed E-state index contributed by atoms with van der Waals surface area (Å²) in [5, 5.41) is 9.80. The van der Waals surface area contributed by atoms with Gasteiger partial charge in [0.05, 0.1) is 6.54 Å². The van der Waals surface area contributed by atoms with Crippen LogP contribution < -0.4 is 11.4 Å². The van der Waals surface area contributed by atoms with Gasteiger partial charge in [-0.3, -0.25) is 4.57 Å². The number of aliphatic hydroxyl groups excluding tert-OH is 1. The molecule has 0 saturated carbocycles. The van der Waals surface area contributed by atoms with Crippen LogP contribution in [-0.2, 0) is 30.3 Å². The van der Waals surface area contributed by atoms with Gasteiger partial charge in [0.1, 0.15) is 30.7 Å². The third-order valence-electron chi connectivity index (χ3n) is 3.85. The standard InChI is InChI=1S/C16H19F2N3O7/c1-8(2)14(24)27-7-12(22)26-6-9-13(23)16(17,18)10(28-9)5-21-4-3-11(19)20-15(21)25/h3-4,9-10,13,23H,1,5-7H2,2H3,(H2,19,20,25). The van der Waals surface area contributed by atoms with Gasteiger partial charge in [-0.2, -0.15) is 4.98 Å². The van der Waals surface area contributed by atoms with E-state index in [1.165, 1.54) is 19.2 Å². The van der Waals surface area contributed by atoms with Gasteiger partial charge in [0, 0.05) is 11.8 Å². The summed E-state index contributed by atoms with van der Waals surface area (Å²) in [6.07, 6.45) is -4.52. The van der Waals surface area contributed by atoms with E-state index in [1.807, 2.05) is 0 Å². The van der Waals surface area contributed by atoms with E-state index in [-0.39, 0.29) is 11.4 Å². The third-order valence-corrected chi connectivity index (χ3v) is 3.85. The fraction of sp³-hybridized carbons (Fsp3) is 0.500. The average molecular weight is 403 g/mol. The summed E-state index contributed by atoms with van der Waals surface area (Å²) >= 11 is 0. The molecule has 1 aliphatic heterocycles. The SMILES string of the molecule is C=C(C)C(=O)OCC(=O)OCC1OC(Cn2ccc(N)nc2=O)C(F)(F)C1O. The molecule has 12 heteroatoms. The van der Waals surface area contributed by atoms with Crippen LogP contribution >= 0.6 is 0 Å². The molecule has 1 saturated heterocycles. The van der Waals surface area contributed by atoms with Gasteiger partial charge in [-0.1, -0.05) is 6.58 Å². The maximum atomic E-state index is 14.3. The topological polar surface area (TPSA) is 143 Å². The Bertz CT molecular complexity index is 827. The molecule has 1 aromatic rings. The second-order valence-corrected chi connectivity index (χ2v) is 6.11. The lowest BCUT2D eigenvalue weighted by atomic mass is 10.1. The molecule has 1 fully saturated rings. The van der Waals surface area contributed by atoms with Crippen LogP contribution in [0.15, 0.2) is 29.2 Å². The molecule has 1 aromatic heterocycles. The fourth-order valence-corrected chi connectivity index (χ4v) is 2.33. The molecule has 2 rings (SSSR count). The first-order valence-corrected chi connectivity index (χ1v) is 8.05. The fourth-order valence-electron chi connectivity index (χ4n) is 2.33. The van der Waals surface area contributed by atoms with Gasteiger partial charge in [0.2, 0.25) is 0 Å². The zero-order chi connectivity index (χ0) is 21.1. The van der Waals surface area contributed by atoms with E-state index >= 15 is 0 Å². The Morgan fingerprint density at radius 3 is 2.75 bits per heavy atom. The second kappa shape index (κ2) is 8.44. The summed E-state index contributed by atoms with van der Waals surface area (Å²) in [6.45, 7) is 2.65. The number of alkyl halides is 2. The minimum absolute atomic E-state index is 0.0669. The van der Waals surface area contributed by atoms with Gasteiger partial charge < -0.3 is 25.1 Å². The number of aromatic nitrogens is 2. The van der Waals surface area contributed by atoms with Gasteiger partial charge in [0.25, 0.3) is 0 Å². The monoisotopic (exact) mass is 403 g/mol. The summed E-state index contributed by atoms with van der Waals surface area (Å²) in [4.78, 5) is 37.8. The van der Waals surface area contributed by atoms with Crippen molar-refractivity contribution in [2.75, 3.05) is 18.9 Å². The molecule has 0 amide bonds. The first kappa shape index (κ1) is 21.4. The van der Waals surface area contributed by atoms with E-state index in [9.17, 15) is 28.3 Å². The number of carbonyl (C=O) groups excluding carboxylic acids is 2. The van der Waals surface area contributed by atoms with Crippen molar-refractivity contribution in [1.82, 2.24) is 9.55 Å². The molecule has 0 aliphatic carbocycles. The minimum Gasteiger partial charge on any atom is -0.460 e. The molecule has 0 aromatic carbocycles.